The number of fused-ring (bicyclic) bond motifs is 1. The highest BCUT2D eigenvalue weighted by Gasteiger charge is 2.34. The molecule has 0 radical (unpaired) electrons. The van der Waals surface area contributed by atoms with Crippen molar-refractivity contribution in [3.63, 3.8) is 0 Å². The highest BCUT2D eigenvalue weighted by molar-refractivity contribution is 7.99. The molecule has 6 nitrogen and oxygen atoms in total. The van der Waals surface area contributed by atoms with Crippen molar-refractivity contribution in [1.82, 2.24) is 9.55 Å². The molecule has 0 aliphatic carbocycles. The Morgan fingerprint density at radius 2 is 2.19 bits per heavy atom. The zero-order chi connectivity index (χ0) is 22.2. The van der Waals surface area contributed by atoms with Crippen LogP contribution in [0.25, 0.3) is 15.9 Å². The molecule has 166 valence electrons. The topological polar surface area (TPSA) is 84.6 Å². The number of rotatable bonds is 7. The van der Waals surface area contributed by atoms with Crippen molar-refractivity contribution in [3.8, 4) is 5.69 Å². The molecule has 1 fully saturated rings. The van der Waals surface area contributed by atoms with Gasteiger partial charge in [-0.25, -0.2) is 4.98 Å². The Bertz CT molecular complexity index is 1150. The maximum atomic E-state index is 13.6. The summed E-state index contributed by atoms with van der Waals surface area (Å²) in [5, 5.41) is 22.3. The SMILES string of the molecule is CCc1c(C)sc2nc(SCC(O)CC3(O)CCOC3)n(-c3cccc(C)c3)c(=O)c12. The van der Waals surface area contributed by atoms with Gasteiger partial charge in [-0.3, -0.25) is 9.36 Å². The van der Waals surface area contributed by atoms with E-state index in [1.807, 2.05) is 38.1 Å². The maximum absolute atomic E-state index is 13.6. The number of ether oxygens (including phenoxy) is 1. The molecule has 2 unspecified atom stereocenters. The molecule has 2 N–H and O–H groups in total. The van der Waals surface area contributed by atoms with Crippen LogP contribution in [-0.2, 0) is 11.2 Å². The van der Waals surface area contributed by atoms with Crippen LogP contribution >= 0.6 is 23.1 Å². The van der Waals surface area contributed by atoms with E-state index in [1.165, 1.54) is 11.8 Å². The van der Waals surface area contributed by atoms with E-state index in [2.05, 4.69) is 6.92 Å². The fourth-order valence-electron chi connectivity index (χ4n) is 4.14. The molecule has 4 rings (SSSR count). The monoisotopic (exact) mass is 460 g/mol. The molecular formula is C23H28N2O4S2. The molecule has 0 spiro atoms. The first-order chi connectivity index (χ1) is 14.8. The quantitative estimate of drug-likeness (QED) is 0.414. The van der Waals surface area contributed by atoms with Crippen LogP contribution in [0.15, 0.2) is 34.2 Å². The average Bonchev–Trinajstić information content (AvgIpc) is 3.28. The number of thioether (sulfide) groups is 1. The molecule has 1 saturated heterocycles. The lowest BCUT2D eigenvalue weighted by atomic mass is 9.96. The standard InChI is InChI=1S/C23H28N2O4S2/c1-4-18-15(3)31-20-19(18)21(27)25(16-7-5-6-14(2)10-16)22(24-20)30-12-17(26)11-23(28)8-9-29-13-23/h5-7,10,17,26,28H,4,8-9,11-13H2,1-3H3. The zero-order valence-corrected chi connectivity index (χ0v) is 19.7. The Kier molecular flexibility index (Phi) is 6.55. The van der Waals surface area contributed by atoms with E-state index in [0.717, 1.165) is 32.9 Å². The third kappa shape index (κ3) is 4.59. The van der Waals surface area contributed by atoms with Gasteiger partial charge in [-0.05, 0) is 43.5 Å². The third-order valence-corrected chi connectivity index (χ3v) is 7.84. The van der Waals surface area contributed by atoms with Gasteiger partial charge < -0.3 is 14.9 Å². The minimum absolute atomic E-state index is 0.0726. The van der Waals surface area contributed by atoms with Gasteiger partial charge in [0.05, 0.1) is 29.4 Å². The van der Waals surface area contributed by atoms with Crippen LogP contribution in [0.4, 0.5) is 0 Å². The van der Waals surface area contributed by atoms with Gasteiger partial charge >= 0.3 is 0 Å². The number of aliphatic hydroxyl groups is 2. The second-order valence-corrected chi connectivity index (χ2v) is 10.4. The van der Waals surface area contributed by atoms with Crippen molar-refractivity contribution in [2.24, 2.45) is 0 Å². The lowest BCUT2D eigenvalue weighted by Crippen LogP contribution is -2.34. The molecule has 3 aromatic rings. The Morgan fingerprint density at radius 3 is 2.87 bits per heavy atom. The number of aliphatic hydroxyl groups excluding tert-OH is 1. The van der Waals surface area contributed by atoms with E-state index in [0.29, 0.717) is 29.3 Å². The largest absolute Gasteiger partial charge is 0.392 e. The molecule has 3 heterocycles. The van der Waals surface area contributed by atoms with Crippen molar-refractivity contribution in [2.75, 3.05) is 19.0 Å². The Hall–Kier alpha value is -1.71. The van der Waals surface area contributed by atoms with Crippen LogP contribution in [0, 0.1) is 13.8 Å². The minimum Gasteiger partial charge on any atom is -0.392 e. The highest BCUT2D eigenvalue weighted by atomic mass is 32.2. The lowest BCUT2D eigenvalue weighted by molar-refractivity contribution is -0.0114. The van der Waals surface area contributed by atoms with Crippen LogP contribution in [0.3, 0.4) is 0 Å². The lowest BCUT2D eigenvalue weighted by Gasteiger charge is -2.23. The van der Waals surface area contributed by atoms with Gasteiger partial charge in [0.15, 0.2) is 5.16 Å². The number of thiophene rings is 1. The minimum atomic E-state index is -0.978. The van der Waals surface area contributed by atoms with Crippen LogP contribution in [0.2, 0.25) is 0 Å². The molecule has 0 amide bonds. The first-order valence-electron chi connectivity index (χ1n) is 10.5. The fourth-order valence-corrected chi connectivity index (χ4v) is 6.24. The van der Waals surface area contributed by atoms with Gasteiger partial charge in [0.2, 0.25) is 0 Å². The summed E-state index contributed by atoms with van der Waals surface area (Å²) < 4.78 is 6.93. The number of aromatic nitrogens is 2. The predicted octanol–water partition coefficient (Wildman–Crippen LogP) is 3.62. The summed E-state index contributed by atoms with van der Waals surface area (Å²) in [5.74, 6) is 0.330. The van der Waals surface area contributed by atoms with Crippen molar-refractivity contribution in [3.05, 3.63) is 50.6 Å². The smallest absolute Gasteiger partial charge is 0.267 e. The second-order valence-electron chi connectivity index (χ2n) is 8.24. The number of hydrogen-bond acceptors (Lipinski definition) is 7. The van der Waals surface area contributed by atoms with Crippen molar-refractivity contribution >= 4 is 33.3 Å². The van der Waals surface area contributed by atoms with Gasteiger partial charge in [0, 0.05) is 30.1 Å². The van der Waals surface area contributed by atoms with Crippen LogP contribution in [0.5, 0.6) is 0 Å². The summed E-state index contributed by atoms with van der Waals surface area (Å²) >= 11 is 2.89. The summed E-state index contributed by atoms with van der Waals surface area (Å²) in [6.45, 7) is 6.85. The molecule has 8 heteroatoms. The number of hydrogen-bond donors (Lipinski definition) is 2. The number of aryl methyl sites for hydroxylation is 3. The Labute approximate surface area is 189 Å². The summed E-state index contributed by atoms with van der Waals surface area (Å²) in [5.41, 5.74) is 1.83. The third-order valence-electron chi connectivity index (χ3n) is 5.71. The molecule has 31 heavy (non-hydrogen) atoms. The Balaban J connectivity index is 1.73. The van der Waals surface area contributed by atoms with Crippen molar-refractivity contribution < 1.29 is 14.9 Å². The molecule has 0 saturated carbocycles. The number of benzene rings is 1. The summed E-state index contributed by atoms with van der Waals surface area (Å²) in [6.07, 6.45) is 0.824. The van der Waals surface area contributed by atoms with Gasteiger partial charge in [0.25, 0.3) is 5.56 Å². The van der Waals surface area contributed by atoms with Crippen LogP contribution in [0.1, 0.15) is 35.8 Å². The zero-order valence-electron chi connectivity index (χ0n) is 18.1. The van der Waals surface area contributed by atoms with Gasteiger partial charge in [-0.2, -0.15) is 0 Å². The van der Waals surface area contributed by atoms with Crippen LogP contribution in [-0.4, -0.2) is 50.4 Å². The highest BCUT2D eigenvalue weighted by Crippen LogP contribution is 2.32. The normalized spacial score (nSPS) is 19.9. The molecule has 2 aromatic heterocycles. The summed E-state index contributed by atoms with van der Waals surface area (Å²) in [6, 6.07) is 7.80. The van der Waals surface area contributed by atoms with Gasteiger partial charge in [-0.1, -0.05) is 30.8 Å². The molecule has 1 aromatic carbocycles. The number of nitrogens with zero attached hydrogens (tertiary/aromatic N) is 2. The van der Waals surface area contributed by atoms with E-state index in [-0.39, 0.29) is 18.6 Å². The second kappa shape index (κ2) is 9.03. The van der Waals surface area contributed by atoms with E-state index >= 15 is 0 Å². The summed E-state index contributed by atoms with van der Waals surface area (Å²) in [4.78, 5) is 20.3. The van der Waals surface area contributed by atoms with E-state index < -0.39 is 11.7 Å². The first-order valence-corrected chi connectivity index (χ1v) is 12.3. The molecular weight excluding hydrogens is 432 g/mol. The molecule has 1 aliphatic heterocycles. The van der Waals surface area contributed by atoms with Crippen LogP contribution < -0.4 is 5.56 Å². The van der Waals surface area contributed by atoms with Gasteiger partial charge in [-0.15, -0.1) is 11.3 Å². The molecule has 2 atom stereocenters. The van der Waals surface area contributed by atoms with E-state index in [9.17, 15) is 15.0 Å². The van der Waals surface area contributed by atoms with Gasteiger partial charge in [0.1, 0.15) is 4.83 Å². The average molecular weight is 461 g/mol. The predicted molar refractivity (Wildman–Crippen MR) is 126 cm³/mol. The van der Waals surface area contributed by atoms with E-state index in [1.54, 1.807) is 15.9 Å². The van der Waals surface area contributed by atoms with E-state index in [4.69, 9.17) is 9.72 Å². The Morgan fingerprint density at radius 1 is 1.39 bits per heavy atom. The molecule has 1 aliphatic rings. The van der Waals surface area contributed by atoms with Crippen molar-refractivity contribution in [1.29, 1.82) is 0 Å². The summed E-state index contributed by atoms with van der Waals surface area (Å²) in [7, 11) is 0. The van der Waals surface area contributed by atoms with Crippen molar-refractivity contribution in [2.45, 2.75) is 56.9 Å². The molecule has 0 bridgehead atoms. The first kappa shape index (κ1) is 22.5. The maximum Gasteiger partial charge on any atom is 0.267 e. The fraction of sp³-hybridized carbons (Fsp3) is 0.478.